The lowest BCUT2D eigenvalue weighted by Gasteiger charge is -2.48. The number of aromatic carboxylic acids is 1. The SMILES string of the molecule is O=C(O)c1cccc(C2CC(OCCO)(c3ccc(OCc4c(-c5c(Cl)cccc5Cl)noc4C4CC4)cc3Cl)C2)c1. The molecule has 42 heavy (non-hydrogen) atoms. The van der Waals surface area contributed by atoms with Crippen LogP contribution in [0.3, 0.4) is 0 Å². The van der Waals surface area contributed by atoms with E-state index in [2.05, 4.69) is 5.16 Å². The molecule has 0 saturated heterocycles. The Morgan fingerprint density at radius 1 is 0.976 bits per heavy atom. The molecule has 10 heteroatoms. The van der Waals surface area contributed by atoms with Crippen LogP contribution in [0.4, 0.5) is 0 Å². The van der Waals surface area contributed by atoms with Gasteiger partial charge in [0.2, 0.25) is 0 Å². The first-order valence-corrected chi connectivity index (χ1v) is 14.9. The molecule has 2 N–H and O–H groups in total. The molecule has 218 valence electrons. The Labute approximate surface area is 257 Å². The summed E-state index contributed by atoms with van der Waals surface area (Å²) >= 11 is 19.8. The van der Waals surface area contributed by atoms with Crippen molar-refractivity contribution in [3.8, 4) is 17.0 Å². The van der Waals surface area contributed by atoms with Gasteiger partial charge in [-0.1, -0.05) is 64.2 Å². The van der Waals surface area contributed by atoms with E-state index >= 15 is 0 Å². The fraction of sp³-hybridized carbons (Fsp3) is 0.312. The number of ether oxygens (including phenoxy) is 2. The van der Waals surface area contributed by atoms with E-state index < -0.39 is 11.6 Å². The molecule has 0 bridgehead atoms. The Morgan fingerprint density at radius 3 is 2.38 bits per heavy atom. The van der Waals surface area contributed by atoms with E-state index in [1.807, 2.05) is 18.2 Å². The molecule has 2 saturated carbocycles. The molecule has 4 aromatic rings. The molecule has 2 aliphatic rings. The fourth-order valence-corrected chi connectivity index (χ4v) is 6.63. The second-order valence-electron chi connectivity index (χ2n) is 10.8. The molecule has 3 aromatic carbocycles. The minimum Gasteiger partial charge on any atom is -0.489 e. The van der Waals surface area contributed by atoms with Crippen LogP contribution in [0, 0.1) is 0 Å². The average Bonchev–Trinajstić information content (AvgIpc) is 3.72. The van der Waals surface area contributed by atoms with Crippen LogP contribution in [-0.4, -0.2) is 34.6 Å². The number of hydrogen-bond donors (Lipinski definition) is 2. The summed E-state index contributed by atoms with van der Waals surface area (Å²) in [4.78, 5) is 11.5. The van der Waals surface area contributed by atoms with E-state index in [0.717, 1.165) is 35.3 Å². The van der Waals surface area contributed by atoms with Gasteiger partial charge in [-0.15, -0.1) is 0 Å². The quantitative estimate of drug-likeness (QED) is 0.172. The monoisotopic (exact) mass is 627 g/mol. The van der Waals surface area contributed by atoms with Crippen molar-refractivity contribution < 1.29 is 29.0 Å². The molecule has 0 radical (unpaired) electrons. The first-order valence-electron chi connectivity index (χ1n) is 13.7. The van der Waals surface area contributed by atoms with Gasteiger partial charge in [0.05, 0.1) is 45.0 Å². The van der Waals surface area contributed by atoms with Crippen LogP contribution in [0.25, 0.3) is 11.3 Å². The van der Waals surface area contributed by atoms with E-state index in [1.165, 1.54) is 0 Å². The normalized spacial score (nSPS) is 19.9. The minimum atomic E-state index is -0.963. The fourth-order valence-electron chi connectivity index (χ4n) is 5.71. The second kappa shape index (κ2) is 11.9. The highest BCUT2D eigenvalue weighted by Crippen LogP contribution is 2.55. The van der Waals surface area contributed by atoms with Gasteiger partial charge < -0.3 is 24.2 Å². The number of halogens is 3. The van der Waals surface area contributed by atoms with Gasteiger partial charge >= 0.3 is 5.97 Å². The Bertz CT molecular complexity index is 1610. The van der Waals surface area contributed by atoms with Gasteiger partial charge in [-0.05, 0) is 73.6 Å². The zero-order valence-corrected chi connectivity index (χ0v) is 24.8. The van der Waals surface area contributed by atoms with Gasteiger partial charge in [0.25, 0.3) is 0 Å². The van der Waals surface area contributed by atoms with Crippen LogP contribution in [0.5, 0.6) is 5.75 Å². The highest BCUT2D eigenvalue weighted by Gasteiger charge is 2.48. The molecule has 0 spiro atoms. The Hall–Kier alpha value is -3.07. The first kappa shape index (κ1) is 29.0. The predicted octanol–water partition coefficient (Wildman–Crippen LogP) is 8.24. The van der Waals surface area contributed by atoms with Gasteiger partial charge in [-0.25, -0.2) is 4.79 Å². The lowest BCUT2D eigenvalue weighted by Crippen LogP contribution is -2.43. The number of carboxylic acid groups (broad SMARTS) is 1. The van der Waals surface area contributed by atoms with Crippen molar-refractivity contribution in [2.24, 2.45) is 0 Å². The molecular weight excluding hydrogens is 601 g/mol. The standard InChI is InChI=1S/C32H28Cl3NO6/c33-25-5-2-6-26(34)28(25)29-23(30(42-36-29)18-7-8-18)17-40-22-9-10-24(27(35)14-22)32(41-12-11-37)15-21(16-32)19-3-1-4-20(13-19)31(38)39/h1-6,9-10,13-14,18,21,37H,7-8,11-12,15-17H2,(H,38,39). The zero-order valence-electron chi connectivity index (χ0n) is 22.5. The van der Waals surface area contributed by atoms with Crippen LogP contribution in [0.2, 0.25) is 15.1 Å². The summed E-state index contributed by atoms with van der Waals surface area (Å²) in [5.74, 6) is 0.774. The summed E-state index contributed by atoms with van der Waals surface area (Å²) in [5, 5.41) is 24.6. The minimum absolute atomic E-state index is 0.0967. The Morgan fingerprint density at radius 2 is 1.71 bits per heavy atom. The third kappa shape index (κ3) is 5.64. The van der Waals surface area contributed by atoms with E-state index in [0.29, 0.717) is 50.8 Å². The number of aromatic nitrogens is 1. The molecule has 1 heterocycles. The maximum absolute atomic E-state index is 11.5. The first-order chi connectivity index (χ1) is 20.3. The molecule has 2 fully saturated rings. The van der Waals surface area contributed by atoms with E-state index in [4.69, 9.17) is 48.8 Å². The van der Waals surface area contributed by atoms with Crippen molar-refractivity contribution in [3.63, 3.8) is 0 Å². The van der Waals surface area contributed by atoms with Crippen molar-refractivity contribution in [2.45, 2.75) is 49.7 Å². The van der Waals surface area contributed by atoms with Gasteiger partial charge in [0.1, 0.15) is 23.8 Å². The molecule has 2 aliphatic carbocycles. The largest absolute Gasteiger partial charge is 0.489 e. The number of nitrogens with zero attached hydrogens (tertiary/aromatic N) is 1. The van der Waals surface area contributed by atoms with Crippen LogP contribution in [-0.2, 0) is 16.9 Å². The predicted molar refractivity (Wildman–Crippen MR) is 160 cm³/mol. The van der Waals surface area contributed by atoms with Gasteiger partial charge in [-0.2, -0.15) is 0 Å². The number of rotatable bonds is 11. The summed E-state index contributed by atoms with van der Waals surface area (Å²) in [6.45, 7) is 0.219. The summed E-state index contributed by atoms with van der Waals surface area (Å²) in [6.07, 6.45) is 3.25. The summed E-state index contributed by atoms with van der Waals surface area (Å²) in [5.41, 5.74) is 3.26. The molecule has 0 atom stereocenters. The molecule has 1 aromatic heterocycles. The van der Waals surface area contributed by atoms with Crippen molar-refractivity contribution in [2.75, 3.05) is 13.2 Å². The van der Waals surface area contributed by atoms with Crippen molar-refractivity contribution >= 4 is 40.8 Å². The summed E-state index contributed by atoms with van der Waals surface area (Å²) in [7, 11) is 0. The van der Waals surface area contributed by atoms with Crippen LogP contribution in [0.1, 0.15) is 70.3 Å². The number of carbonyl (C=O) groups is 1. The number of aliphatic hydroxyl groups excluding tert-OH is 1. The van der Waals surface area contributed by atoms with Crippen molar-refractivity contribution in [1.82, 2.24) is 5.16 Å². The topological polar surface area (TPSA) is 102 Å². The van der Waals surface area contributed by atoms with Gasteiger partial charge in [0.15, 0.2) is 0 Å². The number of benzene rings is 3. The maximum Gasteiger partial charge on any atom is 0.335 e. The van der Waals surface area contributed by atoms with Crippen LogP contribution < -0.4 is 4.74 Å². The third-order valence-corrected chi connectivity index (χ3v) is 8.95. The van der Waals surface area contributed by atoms with Crippen molar-refractivity contribution in [3.05, 3.63) is 104 Å². The van der Waals surface area contributed by atoms with Gasteiger partial charge in [-0.3, -0.25) is 0 Å². The van der Waals surface area contributed by atoms with Crippen LogP contribution >= 0.6 is 34.8 Å². The van der Waals surface area contributed by atoms with Gasteiger partial charge in [0, 0.05) is 17.0 Å². The molecule has 6 rings (SSSR count). The Kier molecular flexibility index (Phi) is 8.22. The highest BCUT2D eigenvalue weighted by atomic mass is 35.5. The molecule has 0 unspecified atom stereocenters. The van der Waals surface area contributed by atoms with E-state index in [1.54, 1.807) is 42.5 Å². The third-order valence-electron chi connectivity index (χ3n) is 8.01. The highest BCUT2D eigenvalue weighted by molar-refractivity contribution is 6.39. The second-order valence-corrected chi connectivity index (χ2v) is 12.0. The zero-order chi connectivity index (χ0) is 29.4. The van der Waals surface area contributed by atoms with Crippen LogP contribution in [0.15, 0.2) is 65.2 Å². The number of carboxylic acids is 1. The Balaban J connectivity index is 1.23. The molecule has 0 aliphatic heterocycles. The smallest absolute Gasteiger partial charge is 0.335 e. The number of aliphatic hydroxyl groups is 1. The number of hydrogen-bond acceptors (Lipinski definition) is 6. The maximum atomic E-state index is 11.5. The lowest BCUT2D eigenvalue weighted by atomic mass is 9.64. The molecular formula is C32H28Cl3NO6. The lowest BCUT2D eigenvalue weighted by molar-refractivity contribution is -0.125. The average molecular weight is 629 g/mol. The molecule has 0 amide bonds. The van der Waals surface area contributed by atoms with E-state index in [9.17, 15) is 15.0 Å². The molecule has 7 nitrogen and oxygen atoms in total. The summed E-state index contributed by atoms with van der Waals surface area (Å²) in [6, 6.07) is 17.8. The van der Waals surface area contributed by atoms with E-state index in [-0.39, 0.29) is 31.3 Å². The van der Waals surface area contributed by atoms with Crippen molar-refractivity contribution in [1.29, 1.82) is 0 Å². The summed E-state index contributed by atoms with van der Waals surface area (Å²) < 4.78 is 18.1.